The Bertz CT molecular complexity index is 1320. The second kappa shape index (κ2) is 11.1. The van der Waals surface area contributed by atoms with Crippen LogP contribution in [0.3, 0.4) is 0 Å². The molecule has 1 amide bonds. The van der Waals surface area contributed by atoms with Gasteiger partial charge in [0.1, 0.15) is 0 Å². The van der Waals surface area contributed by atoms with Crippen molar-refractivity contribution in [2.24, 2.45) is 0 Å². The number of methoxy groups -OCH3 is 3. The van der Waals surface area contributed by atoms with Crippen LogP contribution in [-0.2, 0) is 17.8 Å². The highest BCUT2D eigenvalue weighted by Crippen LogP contribution is 2.38. The van der Waals surface area contributed by atoms with Crippen LogP contribution in [0.25, 0.3) is 16.3 Å². The maximum Gasteiger partial charge on any atom is 0.253 e. The van der Waals surface area contributed by atoms with Gasteiger partial charge >= 0.3 is 0 Å². The molecule has 0 aliphatic carbocycles. The molecule has 0 saturated carbocycles. The molecule has 35 heavy (non-hydrogen) atoms. The monoisotopic (exact) mass is 488 g/mol. The van der Waals surface area contributed by atoms with Crippen LogP contribution in [0.5, 0.6) is 17.2 Å². The van der Waals surface area contributed by atoms with Crippen molar-refractivity contribution in [3.8, 4) is 17.2 Å². The van der Waals surface area contributed by atoms with Gasteiger partial charge in [-0.3, -0.25) is 9.69 Å². The molecule has 0 unspecified atom stereocenters. The number of nitrogens with zero attached hydrogens (tertiary/aromatic N) is 2. The number of aryl methyl sites for hydroxylation is 1. The lowest BCUT2D eigenvalue weighted by molar-refractivity contribution is -0.114. The van der Waals surface area contributed by atoms with Gasteiger partial charge in [-0.1, -0.05) is 54.7 Å². The first-order valence-corrected chi connectivity index (χ1v) is 12.1. The summed E-state index contributed by atoms with van der Waals surface area (Å²) in [6.45, 7) is 2.54. The predicted molar refractivity (Wildman–Crippen MR) is 142 cm³/mol. The van der Waals surface area contributed by atoms with Gasteiger partial charge in [0.2, 0.25) is 5.75 Å². The Hall–Kier alpha value is -3.84. The quantitative estimate of drug-likeness (QED) is 0.265. The standard InChI is InChI=1S/C28H28N2O4S/c1-5-19-11-13-22-25(17-19)35-28(29-22)30(18-20-9-7-6-8-10-20)26(31)14-12-21-15-23(32-2)27(34-4)24(16-21)33-3/h6-17H,5,18H2,1-4H3/b14-12+. The van der Waals surface area contributed by atoms with E-state index in [4.69, 9.17) is 19.2 Å². The Balaban J connectivity index is 1.68. The maximum absolute atomic E-state index is 13.5. The zero-order valence-electron chi connectivity index (χ0n) is 20.3. The normalized spacial score (nSPS) is 11.1. The molecule has 0 fully saturated rings. The first-order valence-electron chi connectivity index (χ1n) is 11.3. The number of carbonyl (C=O) groups is 1. The molecule has 0 spiro atoms. The third-order valence-corrected chi connectivity index (χ3v) is 6.68. The minimum absolute atomic E-state index is 0.169. The van der Waals surface area contributed by atoms with Crippen LogP contribution in [0.1, 0.15) is 23.6 Å². The van der Waals surface area contributed by atoms with E-state index in [0.717, 1.165) is 27.8 Å². The van der Waals surface area contributed by atoms with Gasteiger partial charge in [0.05, 0.1) is 38.1 Å². The molecule has 0 N–H and O–H groups in total. The summed E-state index contributed by atoms with van der Waals surface area (Å²) in [6, 6.07) is 19.8. The highest BCUT2D eigenvalue weighted by Gasteiger charge is 2.19. The molecule has 0 radical (unpaired) electrons. The van der Waals surface area contributed by atoms with E-state index < -0.39 is 0 Å². The topological polar surface area (TPSA) is 60.9 Å². The van der Waals surface area contributed by atoms with Crippen LogP contribution in [-0.4, -0.2) is 32.2 Å². The lowest BCUT2D eigenvalue weighted by Gasteiger charge is -2.18. The average molecular weight is 489 g/mol. The van der Waals surface area contributed by atoms with Gasteiger partial charge in [0.25, 0.3) is 5.91 Å². The molecule has 0 bridgehead atoms. The lowest BCUT2D eigenvalue weighted by atomic mass is 10.1. The number of amides is 1. The fourth-order valence-electron chi connectivity index (χ4n) is 3.75. The van der Waals surface area contributed by atoms with Crippen molar-refractivity contribution in [3.05, 3.63) is 83.4 Å². The van der Waals surface area contributed by atoms with Crippen molar-refractivity contribution < 1.29 is 19.0 Å². The molecule has 1 aromatic heterocycles. The number of thiazole rings is 1. The van der Waals surface area contributed by atoms with Crippen molar-refractivity contribution in [3.63, 3.8) is 0 Å². The SMILES string of the molecule is CCc1ccc2nc(N(Cc3ccccc3)C(=O)/C=C/c3cc(OC)c(OC)c(OC)c3)sc2c1. The molecule has 3 aromatic carbocycles. The molecule has 4 rings (SSSR count). The largest absolute Gasteiger partial charge is 0.493 e. The summed E-state index contributed by atoms with van der Waals surface area (Å²) in [5.41, 5.74) is 3.91. The Kier molecular flexibility index (Phi) is 7.67. The summed E-state index contributed by atoms with van der Waals surface area (Å²) in [5.74, 6) is 1.39. The molecule has 1 heterocycles. The molecule has 0 atom stereocenters. The number of hydrogen-bond donors (Lipinski definition) is 0. The first kappa shape index (κ1) is 24.3. The number of hydrogen-bond acceptors (Lipinski definition) is 6. The summed E-state index contributed by atoms with van der Waals surface area (Å²) >= 11 is 1.52. The fourth-order valence-corrected chi connectivity index (χ4v) is 4.79. The van der Waals surface area contributed by atoms with E-state index >= 15 is 0 Å². The van der Waals surface area contributed by atoms with Crippen molar-refractivity contribution >= 4 is 38.7 Å². The van der Waals surface area contributed by atoms with Crippen molar-refractivity contribution in [2.45, 2.75) is 19.9 Å². The van der Waals surface area contributed by atoms with Crippen LogP contribution >= 0.6 is 11.3 Å². The summed E-state index contributed by atoms with van der Waals surface area (Å²) in [5, 5.41) is 0.664. The third-order valence-electron chi connectivity index (χ3n) is 5.64. The van der Waals surface area contributed by atoms with E-state index in [-0.39, 0.29) is 5.91 Å². The second-order valence-corrected chi connectivity index (χ2v) is 8.86. The maximum atomic E-state index is 13.5. The van der Waals surface area contributed by atoms with Gasteiger partial charge in [-0.25, -0.2) is 4.98 Å². The van der Waals surface area contributed by atoms with E-state index in [0.29, 0.717) is 28.9 Å². The number of benzene rings is 3. The number of ether oxygens (including phenoxy) is 3. The highest BCUT2D eigenvalue weighted by atomic mass is 32.1. The number of aromatic nitrogens is 1. The minimum Gasteiger partial charge on any atom is -0.493 e. The van der Waals surface area contributed by atoms with Crippen LogP contribution in [0.2, 0.25) is 0 Å². The number of fused-ring (bicyclic) bond motifs is 1. The highest BCUT2D eigenvalue weighted by molar-refractivity contribution is 7.22. The van der Waals surface area contributed by atoms with Gasteiger partial charge in [-0.2, -0.15) is 0 Å². The molecule has 0 aliphatic rings. The number of rotatable bonds is 9. The second-order valence-electron chi connectivity index (χ2n) is 7.85. The Morgan fingerprint density at radius 2 is 1.66 bits per heavy atom. The minimum atomic E-state index is -0.169. The molecule has 6 nitrogen and oxygen atoms in total. The van der Waals surface area contributed by atoms with Crippen LogP contribution < -0.4 is 19.1 Å². The molecule has 0 aliphatic heterocycles. The van der Waals surface area contributed by atoms with Crippen molar-refractivity contribution in [2.75, 3.05) is 26.2 Å². The summed E-state index contributed by atoms with van der Waals surface area (Å²) in [6.07, 6.45) is 4.24. The summed E-state index contributed by atoms with van der Waals surface area (Å²) < 4.78 is 17.3. The molecular formula is C28H28N2O4S. The molecule has 180 valence electrons. The van der Waals surface area contributed by atoms with Gasteiger partial charge in [-0.15, -0.1) is 0 Å². The lowest BCUT2D eigenvalue weighted by Crippen LogP contribution is -2.28. The molecule has 7 heteroatoms. The predicted octanol–water partition coefficient (Wildman–Crippen LogP) is 6.13. The van der Waals surface area contributed by atoms with Crippen molar-refractivity contribution in [1.29, 1.82) is 0 Å². The van der Waals surface area contributed by atoms with Gasteiger partial charge in [-0.05, 0) is 53.5 Å². The van der Waals surface area contributed by atoms with Crippen LogP contribution in [0.4, 0.5) is 5.13 Å². The van der Waals surface area contributed by atoms with Crippen molar-refractivity contribution in [1.82, 2.24) is 4.98 Å². The van der Waals surface area contributed by atoms with Crippen LogP contribution in [0, 0.1) is 0 Å². The van der Waals surface area contributed by atoms with Gasteiger partial charge in [0, 0.05) is 6.08 Å². The van der Waals surface area contributed by atoms with Gasteiger partial charge < -0.3 is 14.2 Å². The molecular weight excluding hydrogens is 460 g/mol. The zero-order valence-corrected chi connectivity index (χ0v) is 21.1. The van der Waals surface area contributed by atoms with E-state index in [9.17, 15) is 4.79 Å². The average Bonchev–Trinajstić information content (AvgIpc) is 3.33. The summed E-state index contributed by atoms with van der Waals surface area (Å²) in [7, 11) is 4.69. The van der Waals surface area contributed by atoms with E-state index in [1.807, 2.05) is 36.4 Å². The fraction of sp³-hybridized carbons (Fsp3) is 0.214. The van der Waals surface area contributed by atoms with E-state index in [1.54, 1.807) is 50.5 Å². The molecule has 0 saturated heterocycles. The van der Waals surface area contributed by atoms with E-state index in [1.165, 1.54) is 16.9 Å². The third kappa shape index (κ3) is 5.46. The number of anilines is 1. The van der Waals surface area contributed by atoms with E-state index in [2.05, 4.69) is 19.1 Å². The van der Waals surface area contributed by atoms with Crippen LogP contribution in [0.15, 0.2) is 66.7 Å². The first-order chi connectivity index (χ1) is 17.1. The Morgan fingerprint density at radius 3 is 2.29 bits per heavy atom. The number of carbonyl (C=O) groups excluding carboxylic acids is 1. The summed E-state index contributed by atoms with van der Waals surface area (Å²) in [4.78, 5) is 20.0. The Morgan fingerprint density at radius 1 is 0.943 bits per heavy atom. The van der Waals surface area contributed by atoms with Gasteiger partial charge in [0.15, 0.2) is 16.6 Å². The Labute approximate surface area is 209 Å². The zero-order chi connectivity index (χ0) is 24.8. The smallest absolute Gasteiger partial charge is 0.253 e. The molecule has 4 aromatic rings.